The Hall–Kier alpha value is -1.81. The first-order valence-electron chi connectivity index (χ1n) is 11.4. The quantitative estimate of drug-likeness (QED) is 0.549. The molecule has 4 rings (SSSR count). The molecule has 1 N–H and O–H groups in total. The van der Waals surface area contributed by atoms with E-state index < -0.39 is 24.0 Å². The zero-order chi connectivity index (χ0) is 24.5. The molecule has 1 amide bonds. The average Bonchev–Trinajstić information content (AvgIpc) is 3.48. The van der Waals surface area contributed by atoms with Crippen LogP contribution in [0.4, 0.5) is 8.78 Å². The summed E-state index contributed by atoms with van der Waals surface area (Å²) in [6, 6.07) is -0.388. The molecule has 0 bridgehead atoms. The monoisotopic (exact) mass is 516 g/mol. The largest absolute Gasteiger partial charge is 0.386 e. The van der Waals surface area contributed by atoms with Gasteiger partial charge in [-0.25, -0.2) is 8.78 Å². The maximum Gasteiger partial charge on any atom is 0.280 e. The number of amides is 1. The van der Waals surface area contributed by atoms with Gasteiger partial charge in [0.15, 0.2) is 0 Å². The highest BCUT2D eigenvalue weighted by Crippen LogP contribution is 2.39. The summed E-state index contributed by atoms with van der Waals surface area (Å²) in [4.78, 5) is 18.9. The topological polar surface area (TPSA) is 80.5 Å². The predicted molar refractivity (Wildman–Crippen MR) is 123 cm³/mol. The SMILES string of the molecule is CC1(n2ncc(C(=O)N(CC(O)c3c(Cl)cncc3Cl)C3CCOC3)c2C(F)F)CCCCC1. The van der Waals surface area contributed by atoms with E-state index in [2.05, 4.69) is 10.1 Å². The summed E-state index contributed by atoms with van der Waals surface area (Å²) in [5, 5.41) is 15.5. The van der Waals surface area contributed by atoms with Gasteiger partial charge in [-0.2, -0.15) is 5.10 Å². The van der Waals surface area contributed by atoms with Crippen molar-refractivity contribution < 1.29 is 23.4 Å². The van der Waals surface area contributed by atoms with E-state index in [4.69, 9.17) is 27.9 Å². The lowest BCUT2D eigenvalue weighted by Crippen LogP contribution is -2.44. The van der Waals surface area contributed by atoms with Crippen molar-refractivity contribution in [3.05, 3.63) is 45.5 Å². The smallest absolute Gasteiger partial charge is 0.280 e. The van der Waals surface area contributed by atoms with Crippen LogP contribution in [0.1, 0.15) is 79.6 Å². The summed E-state index contributed by atoms with van der Waals surface area (Å²) < 4.78 is 35.5. The fourth-order valence-electron chi connectivity index (χ4n) is 5.03. The van der Waals surface area contributed by atoms with E-state index in [1.165, 1.54) is 28.2 Å². The van der Waals surface area contributed by atoms with E-state index in [-0.39, 0.29) is 46.1 Å². The zero-order valence-corrected chi connectivity index (χ0v) is 20.4. The highest BCUT2D eigenvalue weighted by atomic mass is 35.5. The van der Waals surface area contributed by atoms with Gasteiger partial charge in [-0.1, -0.05) is 42.5 Å². The lowest BCUT2D eigenvalue weighted by atomic mass is 9.83. The first-order valence-corrected chi connectivity index (χ1v) is 12.2. The molecule has 1 saturated heterocycles. The number of aliphatic hydroxyl groups is 1. The lowest BCUT2D eigenvalue weighted by Gasteiger charge is -2.35. The summed E-state index contributed by atoms with van der Waals surface area (Å²) in [6.45, 7) is 2.40. The number of aromatic nitrogens is 3. The van der Waals surface area contributed by atoms with Crippen LogP contribution in [0.3, 0.4) is 0 Å². The van der Waals surface area contributed by atoms with Gasteiger partial charge in [-0.05, 0) is 26.2 Å². The first-order chi connectivity index (χ1) is 16.2. The van der Waals surface area contributed by atoms with Crippen LogP contribution in [-0.4, -0.2) is 56.5 Å². The first kappa shape index (κ1) is 25.3. The second-order valence-electron chi connectivity index (χ2n) is 9.22. The second kappa shape index (κ2) is 10.4. The van der Waals surface area contributed by atoms with Crippen molar-refractivity contribution in [2.24, 2.45) is 0 Å². The molecule has 186 valence electrons. The third-order valence-corrected chi connectivity index (χ3v) is 7.49. The molecule has 2 aromatic heterocycles. The Morgan fingerprint density at radius 2 is 1.94 bits per heavy atom. The van der Waals surface area contributed by atoms with Gasteiger partial charge >= 0.3 is 0 Å². The molecule has 2 aromatic rings. The number of hydrogen-bond donors (Lipinski definition) is 1. The number of ether oxygens (including phenoxy) is 1. The normalized spacial score (nSPS) is 21.1. The summed E-state index contributed by atoms with van der Waals surface area (Å²) in [6.07, 6.45) is 4.67. The van der Waals surface area contributed by atoms with Crippen LogP contribution in [0.5, 0.6) is 0 Å². The van der Waals surface area contributed by atoms with Crippen molar-refractivity contribution in [2.45, 2.75) is 69.6 Å². The van der Waals surface area contributed by atoms with Crippen LogP contribution < -0.4 is 0 Å². The second-order valence-corrected chi connectivity index (χ2v) is 10.0. The highest BCUT2D eigenvalue weighted by Gasteiger charge is 2.39. The molecular weight excluding hydrogens is 489 g/mol. The van der Waals surface area contributed by atoms with Crippen molar-refractivity contribution >= 4 is 29.1 Å². The summed E-state index contributed by atoms with van der Waals surface area (Å²) in [5.74, 6) is -0.628. The van der Waals surface area contributed by atoms with Gasteiger partial charge in [-0.15, -0.1) is 0 Å². The molecule has 3 heterocycles. The van der Waals surface area contributed by atoms with Crippen molar-refractivity contribution in [1.82, 2.24) is 19.7 Å². The minimum atomic E-state index is -2.88. The molecule has 34 heavy (non-hydrogen) atoms. The van der Waals surface area contributed by atoms with Crippen LogP contribution in [0.15, 0.2) is 18.6 Å². The molecule has 0 radical (unpaired) electrons. The Morgan fingerprint density at radius 1 is 1.26 bits per heavy atom. The van der Waals surface area contributed by atoms with Gasteiger partial charge in [0, 0.05) is 24.6 Å². The lowest BCUT2D eigenvalue weighted by molar-refractivity contribution is 0.0472. The minimum Gasteiger partial charge on any atom is -0.386 e. The van der Waals surface area contributed by atoms with E-state index in [0.29, 0.717) is 13.0 Å². The van der Waals surface area contributed by atoms with Crippen molar-refractivity contribution in [3.63, 3.8) is 0 Å². The summed E-state index contributed by atoms with van der Waals surface area (Å²) in [5.41, 5.74) is -0.878. The van der Waals surface area contributed by atoms with Gasteiger partial charge in [0.1, 0.15) is 5.69 Å². The summed E-state index contributed by atoms with van der Waals surface area (Å²) >= 11 is 12.4. The van der Waals surface area contributed by atoms with Crippen LogP contribution in [0, 0.1) is 0 Å². The van der Waals surface area contributed by atoms with Crippen LogP contribution >= 0.6 is 23.2 Å². The third-order valence-electron chi connectivity index (χ3n) is 6.89. The van der Waals surface area contributed by atoms with Gasteiger partial charge in [-0.3, -0.25) is 14.5 Å². The number of halogens is 4. The fraction of sp³-hybridized carbons (Fsp3) is 0.609. The van der Waals surface area contributed by atoms with Crippen LogP contribution in [0.25, 0.3) is 0 Å². The van der Waals surface area contributed by atoms with E-state index in [0.717, 1.165) is 32.1 Å². The van der Waals surface area contributed by atoms with Crippen LogP contribution in [-0.2, 0) is 10.3 Å². The van der Waals surface area contributed by atoms with E-state index >= 15 is 0 Å². The minimum absolute atomic E-state index is 0.154. The molecule has 2 atom stereocenters. The number of aliphatic hydroxyl groups excluding tert-OH is 1. The Labute approximate surface area is 207 Å². The van der Waals surface area contributed by atoms with Gasteiger partial charge in [0.05, 0.1) is 52.6 Å². The van der Waals surface area contributed by atoms with Crippen molar-refractivity contribution in [1.29, 1.82) is 0 Å². The Bertz CT molecular complexity index is 1000. The number of alkyl halides is 2. The molecule has 2 fully saturated rings. The molecule has 1 aliphatic carbocycles. The average molecular weight is 517 g/mol. The molecule has 2 aliphatic rings. The van der Waals surface area contributed by atoms with Crippen molar-refractivity contribution in [3.8, 4) is 0 Å². The number of carbonyl (C=O) groups is 1. The Morgan fingerprint density at radius 3 is 2.53 bits per heavy atom. The number of pyridine rings is 1. The summed E-state index contributed by atoms with van der Waals surface area (Å²) in [7, 11) is 0. The highest BCUT2D eigenvalue weighted by molar-refractivity contribution is 6.35. The Balaban J connectivity index is 1.68. The molecule has 2 unspecified atom stereocenters. The maximum absolute atomic E-state index is 14.3. The number of nitrogens with zero attached hydrogens (tertiary/aromatic N) is 4. The van der Waals surface area contributed by atoms with Crippen molar-refractivity contribution in [2.75, 3.05) is 19.8 Å². The zero-order valence-electron chi connectivity index (χ0n) is 18.9. The van der Waals surface area contributed by atoms with Gasteiger partial charge in [0.25, 0.3) is 12.3 Å². The molecule has 0 aromatic carbocycles. The van der Waals surface area contributed by atoms with E-state index in [9.17, 15) is 18.7 Å². The molecule has 0 spiro atoms. The van der Waals surface area contributed by atoms with Gasteiger partial charge in [0.2, 0.25) is 0 Å². The standard InChI is InChI=1S/C23H28Cl2F2N4O3/c1-23(6-3-2-4-7-23)31-20(21(26)27)15(9-29-31)22(33)30(14-5-8-34-13-14)12-18(32)19-16(24)10-28-11-17(19)25/h9-11,14,18,21,32H,2-8,12-13H2,1H3. The van der Waals surface area contributed by atoms with Crippen LogP contribution in [0.2, 0.25) is 10.0 Å². The molecule has 1 aliphatic heterocycles. The molecule has 1 saturated carbocycles. The number of rotatable bonds is 7. The van der Waals surface area contributed by atoms with E-state index in [1.54, 1.807) is 0 Å². The Kier molecular flexibility index (Phi) is 7.76. The van der Waals surface area contributed by atoms with E-state index in [1.807, 2.05) is 6.92 Å². The predicted octanol–water partition coefficient (Wildman–Crippen LogP) is 5.17. The fourth-order valence-corrected chi connectivity index (χ4v) is 5.64. The molecule has 11 heteroatoms. The molecular formula is C23H28Cl2F2N4O3. The van der Waals surface area contributed by atoms with Gasteiger partial charge < -0.3 is 14.7 Å². The number of hydrogen-bond acceptors (Lipinski definition) is 5. The molecule has 7 nitrogen and oxygen atoms in total. The number of carbonyl (C=O) groups excluding carboxylic acids is 1. The third kappa shape index (κ3) is 4.94. The maximum atomic E-state index is 14.3.